The van der Waals surface area contributed by atoms with E-state index in [9.17, 15) is 4.79 Å². The topological polar surface area (TPSA) is 98.2 Å². The highest BCUT2D eigenvalue weighted by Gasteiger charge is 2.12. The van der Waals surface area contributed by atoms with Crippen molar-refractivity contribution in [1.82, 2.24) is 10.1 Å². The van der Waals surface area contributed by atoms with Crippen LogP contribution in [0.2, 0.25) is 5.02 Å². The van der Waals surface area contributed by atoms with Gasteiger partial charge in [0, 0.05) is 10.6 Å². The molecular formula is C18H12ClN3O4. The summed E-state index contributed by atoms with van der Waals surface area (Å²) in [5.74, 6) is 0.387. The first kappa shape index (κ1) is 17.5. The standard InChI is InChI=1S/C18H12ClN3O4/c19-14-3-1-2-13(8-14)18-21-16(26-22-18)10-25-17(23)11-24-15-6-4-12(9-20)5-7-15/h1-8H,10-11H2. The molecule has 0 unspecified atom stereocenters. The zero-order chi connectivity index (χ0) is 18.4. The molecule has 1 heterocycles. The van der Waals surface area contributed by atoms with Crippen LogP contribution < -0.4 is 4.74 Å². The molecule has 2 aromatic carbocycles. The van der Waals surface area contributed by atoms with Gasteiger partial charge >= 0.3 is 5.97 Å². The second-order valence-corrected chi connectivity index (χ2v) is 5.54. The van der Waals surface area contributed by atoms with Gasteiger partial charge in [0.15, 0.2) is 13.2 Å². The van der Waals surface area contributed by atoms with Gasteiger partial charge in [-0.3, -0.25) is 0 Å². The van der Waals surface area contributed by atoms with Crippen molar-refractivity contribution in [2.24, 2.45) is 0 Å². The van der Waals surface area contributed by atoms with E-state index in [0.29, 0.717) is 27.7 Å². The zero-order valence-corrected chi connectivity index (χ0v) is 14.1. The summed E-state index contributed by atoms with van der Waals surface area (Å²) >= 11 is 5.92. The molecule has 3 rings (SSSR count). The molecule has 3 aromatic rings. The number of aromatic nitrogens is 2. The molecule has 0 spiro atoms. The normalized spacial score (nSPS) is 10.2. The van der Waals surface area contributed by atoms with Crippen LogP contribution in [0.1, 0.15) is 11.5 Å². The predicted molar refractivity (Wildman–Crippen MR) is 91.2 cm³/mol. The Morgan fingerprint density at radius 1 is 1.23 bits per heavy atom. The Labute approximate surface area is 153 Å². The molecule has 0 fully saturated rings. The molecule has 8 heteroatoms. The summed E-state index contributed by atoms with van der Waals surface area (Å²) in [6.45, 7) is -0.440. The minimum Gasteiger partial charge on any atom is -0.482 e. The third-order valence-corrected chi connectivity index (χ3v) is 3.48. The molecule has 130 valence electrons. The van der Waals surface area contributed by atoms with Gasteiger partial charge in [0.1, 0.15) is 5.75 Å². The van der Waals surface area contributed by atoms with Crippen LogP contribution in [0.25, 0.3) is 11.4 Å². The van der Waals surface area contributed by atoms with E-state index in [2.05, 4.69) is 10.1 Å². The van der Waals surface area contributed by atoms with E-state index in [4.69, 9.17) is 30.9 Å². The summed E-state index contributed by atoms with van der Waals surface area (Å²) in [7, 11) is 0. The Hall–Kier alpha value is -3.37. The number of carbonyl (C=O) groups excluding carboxylic acids is 1. The van der Waals surface area contributed by atoms with Crippen LogP contribution in [0.3, 0.4) is 0 Å². The van der Waals surface area contributed by atoms with E-state index >= 15 is 0 Å². The van der Waals surface area contributed by atoms with Crippen LogP contribution >= 0.6 is 11.6 Å². The van der Waals surface area contributed by atoms with Crippen LogP contribution in [0.4, 0.5) is 0 Å². The second kappa shape index (κ2) is 8.14. The van der Waals surface area contributed by atoms with Gasteiger partial charge in [0.05, 0.1) is 11.6 Å². The van der Waals surface area contributed by atoms with Crippen LogP contribution in [0.5, 0.6) is 5.75 Å². The van der Waals surface area contributed by atoms with Gasteiger partial charge in [-0.05, 0) is 36.4 Å². The number of nitrogens with zero attached hydrogens (tertiary/aromatic N) is 3. The van der Waals surface area contributed by atoms with Gasteiger partial charge in [-0.1, -0.05) is 28.9 Å². The number of hydrogen-bond acceptors (Lipinski definition) is 7. The molecule has 0 radical (unpaired) electrons. The predicted octanol–water partition coefficient (Wildman–Crippen LogP) is 3.38. The smallest absolute Gasteiger partial charge is 0.344 e. The SMILES string of the molecule is N#Cc1ccc(OCC(=O)OCc2nc(-c3cccc(Cl)c3)no2)cc1. The van der Waals surface area contributed by atoms with E-state index in [1.165, 1.54) is 0 Å². The second-order valence-electron chi connectivity index (χ2n) is 5.11. The Morgan fingerprint density at radius 2 is 2.04 bits per heavy atom. The number of halogens is 1. The first-order chi connectivity index (χ1) is 12.6. The maximum Gasteiger partial charge on any atom is 0.344 e. The van der Waals surface area contributed by atoms with Crippen molar-refractivity contribution in [2.45, 2.75) is 6.61 Å². The average Bonchev–Trinajstić information content (AvgIpc) is 3.14. The number of nitriles is 1. The van der Waals surface area contributed by atoms with Crippen molar-refractivity contribution >= 4 is 17.6 Å². The molecule has 1 aromatic heterocycles. The molecule has 0 saturated heterocycles. The van der Waals surface area contributed by atoms with Crippen LogP contribution in [-0.4, -0.2) is 22.7 Å². The van der Waals surface area contributed by atoms with Gasteiger partial charge in [0.25, 0.3) is 5.89 Å². The van der Waals surface area contributed by atoms with Crippen molar-refractivity contribution < 1.29 is 18.8 Å². The largest absolute Gasteiger partial charge is 0.482 e. The lowest BCUT2D eigenvalue weighted by Crippen LogP contribution is -2.14. The third kappa shape index (κ3) is 4.59. The van der Waals surface area contributed by atoms with E-state index in [1.54, 1.807) is 48.5 Å². The number of esters is 1. The summed E-state index contributed by atoms with van der Waals surface area (Å²) in [5, 5.41) is 13.1. The van der Waals surface area contributed by atoms with Gasteiger partial charge < -0.3 is 14.0 Å². The summed E-state index contributed by atoms with van der Waals surface area (Å²) < 4.78 is 15.4. The number of hydrogen-bond donors (Lipinski definition) is 0. The number of ether oxygens (including phenoxy) is 2. The molecule has 0 saturated carbocycles. The minimum atomic E-state index is -0.586. The Morgan fingerprint density at radius 3 is 2.77 bits per heavy atom. The van der Waals surface area contributed by atoms with Crippen molar-refractivity contribution in [3.05, 3.63) is 65.0 Å². The average molecular weight is 370 g/mol. The number of rotatable bonds is 6. The summed E-state index contributed by atoms with van der Waals surface area (Å²) in [5.41, 5.74) is 1.20. The maximum absolute atomic E-state index is 11.7. The first-order valence-electron chi connectivity index (χ1n) is 7.51. The highest BCUT2D eigenvalue weighted by Crippen LogP contribution is 2.20. The summed E-state index contributed by atoms with van der Waals surface area (Å²) in [6.07, 6.45) is 0. The van der Waals surface area contributed by atoms with Crippen molar-refractivity contribution in [3.63, 3.8) is 0 Å². The van der Waals surface area contributed by atoms with Gasteiger partial charge in [-0.2, -0.15) is 10.2 Å². The van der Waals surface area contributed by atoms with Crippen molar-refractivity contribution in [1.29, 1.82) is 5.26 Å². The molecule has 7 nitrogen and oxygen atoms in total. The van der Waals surface area contributed by atoms with Crippen LogP contribution in [0.15, 0.2) is 53.1 Å². The quantitative estimate of drug-likeness (QED) is 0.614. The molecule has 26 heavy (non-hydrogen) atoms. The maximum atomic E-state index is 11.7. The first-order valence-corrected chi connectivity index (χ1v) is 7.89. The summed E-state index contributed by atoms with van der Waals surface area (Å²) in [6, 6.07) is 15.4. The molecule has 0 atom stereocenters. The highest BCUT2D eigenvalue weighted by atomic mass is 35.5. The molecule has 0 amide bonds. The Kier molecular flexibility index (Phi) is 5.46. The summed E-state index contributed by atoms with van der Waals surface area (Å²) in [4.78, 5) is 15.9. The van der Waals surface area contributed by atoms with Crippen LogP contribution in [-0.2, 0) is 16.1 Å². The van der Waals surface area contributed by atoms with Gasteiger partial charge in [-0.15, -0.1) is 0 Å². The molecular weight excluding hydrogens is 358 g/mol. The highest BCUT2D eigenvalue weighted by molar-refractivity contribution is 6.30. The van der Waals surface area contributed by atoms with Crippen LogP contribution in [0, 0.1) is 11.3 Å². The third-order valence-electron chi connectivity index (χ3n) is 3.25. The van der Waals surface area contributed by atoms with Gasteiger partial charge in [-0.25, -0.2) is 4.79 Å². The van der Waals surface area contributed by atoms with Crippen molar-refractivity contribution in [2.75, 3.05) is 6.61 Å². The molecule has 0 aliphatic rings. The lowest BCUT2D eigenvalue weighted by atomic mass is 10.2. The van der Waals surface area contributed by atoms with E-state index < -0.39 is 5.97 Å². The Bertz CT molecular complexity index is 948. The number of benzene rings is 2. The van der Waals surface area contributed by atoms with E-state index in [1.807, 2.05) is 6.07 Å². The fraction of sp³-hybridized carbons (Fsp3) is 0.111. The van der Waals surface area contributed by atoms with Crippen molar-refractivity contribution in [3.8, 4) is 23.2 Å². The zero-order valence-electron chi connectivity index (χ0n) is 13.4. The Balaban J connectivity index is 1.49. The molecule has 0 aliphatic heterocycles. The number of carbonyl (C=O) groups is 1. The lowest BCUT2D eigenvalue weighted by Gasteiger charge is -2.05. The molecule has 0 bridgehead atoms. The minimum absolute atomic E-state index is 0.159. The fourth-order valence-corrected chi connectivity index (χ4v) is 2.20. The molecule has 0 N–H and O–H groups in total. The van der Waals surface area contributed by atoms with E-state index in [0.717, 1.165) is 0 Å². The monoisotopic (exact) mass is 369 g/mol. The lowest BCUT2D eigenvalue weighted by molar-refractivity contribution is -0.148. The van der Waals surface area contributed by atoms with Gasteiger partial charge in [0.2, 0.25) is 5.82 Å². The van der Waals surface area contributed by atoms with E-state index in [-0.39, 0.29) is 19.1 Å². The fourth-order valence-electron chi connectivity index (χ4n) is 2.01. The molecule has 0 aliphatic carbocycles.